The van der Waals surface area contributed by atoms with Crippen molar-refractivity contribution in [3.05, 3.63) is 21.3 Å². The van der Waals surface area contributed by atoms with E-state index in [1.54, 1.807) is 17.0 Å². The number of amides is 3. The Morgan fingerprint density at radius 2 is 1.92 bits per heavy atom. The molecule has 9 heteroatoms. The summed E-state index contributed by atoms with van der Waals surface area (Å²) in [6.45, 7) is 0.808. The molecule has 2 heterocycles. The number of hydrogen-bond acceptors (Lipinski definition) is 4. The van der Waals surface area contributed by atoms with Crippen LogP contribution in [0.15, 0.2) is 12.1 Å². The van der Waals surface area contributed by atoms with Crippen molar-refractivity contribution >= 4 is 40.8 Å². The first kappa shape index (κ1) is 17.0. The molecule has 0 spiro atoms. The maximum absolute atomic E-state index is 12.3. The fraction of sp³-hybridized carbons (Fsp3) is 0.533. The predicted octanol–water partition coefficient (Wildman–Crippen LogP) is 1.78. The molecular weight excluding hydrogens is 354 g/mol. The van der Waals surface area contributed by atoms with Crippen LogP contribution in [0.5, 0.6) is 0 Å². The molecule has 2 unspecified atom stereocenters. The third-order valence-corrected chi connectivity index (χ3v) is 5.50. The Morgan fingerprint density at radius 3 is 2.50 bits per heavy atom. The third kappa shape index (κ3) is 3.99. The highest BCUT2D eigenvalue weighted by atomic mass is 35.5. The van der Waals surface area contributed by atoms with Crippen LogP contribution < -0.4 is 10.6 Å². The molecule has 2 atom stereocenters. The molecule has 24 heavy (non-hydrogen) atoms. The van der Waals surface area contributed by atoms with Crippen LogP contribution in [0.3, 0.4) is 0 Å². The summed E-state index contributed by atoms with van der Waals surface area (Å²) in [5.74, 6) is -0.113. The van der Waals surface area contributed by atoms with Gasteiger partial charge in [-0.15, -0.1) is 11.3 Å². The Hall–Kier alpha value is -1.80. The first-order valence-electron chi connectivity index (χ1n) is 7.78. The highest BCUT2D eigenvalue weighted by Gasteiger charge is 2.39. The first-order valence-corrected chi connectivity index (χ1v) is 8.98. The summed E-state index contributed by atoms with van der Waals surface area (Å²) in [5.41, 5.74) is 0. The van der Waals surface area contributed by atoms with Crippen LogP contribution in [0.2, 0.25) is 4.34 Å². The van der Waals surface area contributed by atoms with Crippen LogP contribution in [0.1, 0.15) is 28.9 Å². The number of rotatable bonds is 4. The van der Waals surface area contributed by atoms with Crippen molar-refractivity contribution in [3.63, 3.8) is 0 Å². The van der Waals surface area contributed by atoms with Gasteiger partial charge in [-0.2, -0.15) is 0 Å². The van der Waals surface area contributed by atoms with Gasteiger partial charge in [-0.3, -0.25) is 9.59 Å². The number of nitrogens with zero attached hydrogens (tertiary/aromatic N) is 1. The number of carboxylic acid groups (broad SMARTS) is 1. The first-order chi connectivity index (χ1) is 11.4. The van der Waals surface area contributed by atoms with E-state index in [2.05, 4.69) is 10.6 Å². The molecule has 3 N–H and O–H groups in total. The molecule has 3 rings (SSSR count). The number of thiophene rings is 1. The number of halogens is 1. The molecule has 1 saturated carbocycles. The van der Waals surface area contributed by atoms with Gasteiger partial charge in [-0.05, 0) is 31.4 Å². The molecule has 1 saturated heterocycles. The molecule has 2 fully saturated rings. The fourth-order valence-electron chi connectivity index (χ4n) is 2.89. The minimum absolute atomic E-state index is 0.0986. The summed E-state index contributed by atoms with van der Waals surface area (Å²) in [5, 5.41) is 14.3. The minimum atomic E-state index is -1.14. The number of nitrogens with one attached hydrogen (secondary N) is 2. The van der Waals surface area contributed by atoms with Crippen molar-refractivity contribution < 1.29 is 19.5 Å². The molecule has 0 radical (unpaired) electrons. The zero-order chi connectivity index (χ0) is 17.3. The van der Waals surface area contributed by atoms with Gasteiger partial charge in [-0.25, -0.2) is 4.79 Å². The number of piperidine rings is 1. The van der Waals surface area contributed by atoms with E-state index < -0.39 is 18.2 Å². The Balaban J connectivity index is 1.69. The summed E-state index contributed by atoms with van der Waals surface area (Å²) in [7, 11) is 0. The highest BCUT2D eigenvalue weighted by Crippen LogP contribution is 2.32. The van der Waals surface area contributed by atoms with Crippen molar-refractivity contribution in [2.24, 2.45) is 5.92 Å². The average molecular weight is 372 g/mol. The van der Waals surface area contributed by atoms with Crippen molar-refractivity contribution in [1.29, 1.82) is 0 Å². The van der Waals surface area contributed by atoms with Crippen LogP contribution in [0.4, 0.5) is 4.79 Å². The van der Waals surface area contributed by atoms with Gasteiger partial charge in [0.2, 0.25) is 5.91 Å². The average Bonchev–Trinajstić information content (AvgIpc) is 3.29. The molecule has 1 aromatic rings. The van der Waals surface area contributed by atoms with Crippen LogP contribution in [0, 0.1) is 5.92 Å². The lowest BCUT2D eigenvalue weighted by Gasteiger charge is -2.38. The lowest BCUT2D eigenvalue weighted by atomic mass is 9.98. The largest absolute Gasteiger partial charge is 0.465 e. The Morgan fingerprint density at radius 1 is 1.17 bits per heavy atom. The van der Waals surface area contributed by atoms with Gasteiger partial charge in [0.1, 0.15) is 0 Å². The Bertz CT molecular complexity index is 661. The van der Waals surface area contributed by atoms with Crippen LogP contribution in [-0.4, -0.2) is 53.1 Å². The van der Waals surface area contributed by atoms with Gasteiger partial charge in [-0.1, -0.05) is 11.6 Å². The van der Waals surface area contributed by atoms with E-state index in [-0.39, 0.29) is 17.7 Å². The maximum Gasteiger partial charge on any atom is 0.404 e. The van der Waals surface area contributed by atoms with Gasteiger partial charge >= 0.3 is 6.09 Å². The predicted molar refractivity (Wildman–Crippen MR) is 89.5 cm³/mol. The zero-order valence-electron chi connectivity index (χ0n) is 12.8. The maximum atomic E-state index is 12.3. The summed E-state index contributed by atoms with van der Waals surface area (Å²) < 4.78 is 0.509. The molecule has 1 aromatic heterocycles. The standard InChI is InChI=1S/C15H18ClN3O4S/c16-12-4-3-11(24-12)13(20)17-10-7-19(14(21)8-1-2-8)6-5-9(10)18-15(22)23/h3-4,8-10,18H,1-2,5-7H2,(H,17,20)(H,22,23). The second-order valence-electron chi connectivity index (χ2n) is 6.09. The van der Waals surface area contributed by atoms with Crippen LogP contribution >= 0.6 is 22.9 Å². The van der Waals surface area contributed by atoms with E-state index >= 15 is 0 Å². The van der Waals surface area contributed by atoms with Crippen LogP contribution in [-0.2, 0) is 4.79 Å². The van der Waals surface area contributed by atoms with Crippen LogP contribution in [0.25, 0.3) is 0 Å². The Kier molecular flexibility index (Phi) is 4.96. The van der Waals surface area contributed by atoms with Crippen molar-refractivity contribution in [1.82, 2.24) is 15.5 Å². The van der Waals surface area contributed by atoms with E-state index in [1.165, 1.54) is 0 Å². The lowest BCUT2D eigenvalue weighted by molar-refractivity contribution is -0.134. The van der Waals surface area contributed by atoms with Gasteiger partial charge < -0.3 is 20.6 Å². The van der Waals surface area contributed by atoms with Gasteiger partial charge in [0.25, 0.3) is 5.91 Å². The second-order valence-corrected chi connectivity index (χ2v) is 7.80. The Labute approximate surface area is 148 Å². The monoisotopic (exact) mass is 371 g/mol. The number of hydrogen-bond donors (Lipinski definition) is 3. The van der Waals surface area contributed by atoms with Gasteiger partial charge in [0.15, 0.2) is 0 Å². The molecule has 130 valence electrons. The van der Waals surface area contributed by atoms with Crippen molar-refractivity contribution in [2.45, 2.75) is 31.3 Å². The lowest BCUT2D eigenvalue weighted by Crippen LogP contribution is -2.61. The normalized spacial score (nSPS) is 23.6. The van der Waals surface area contributed by atoms with E-state index in [4.69, 9.17) is 16.7 Å². The van der Waals surface area contributed by atoms with Gasteiger partial charge in [0.05, 0.1) is 21.3 Å². The SMILES string of the molecule is O=C(O)NC1CCN(C(=O)C2CC2)CC1NC(=O)c1ccc(Cl)s1. The van der Waals surface area contributed by atoms with Gasteiger partial charge in [0, 0.05) is 19.0 Å². The quantitative estimate of drug-likeness (QED) is 0.751. The highest BCUT2D eigenvalue weighted by molar-refractivity contribution is 7.18. The zero-order valence-corrected chi connectivity index (χ0v) is 14.4. The number of likely N-dealkylation sites (tertiary alicyclic amines) is 1. The summed E-state index contributed by atoms with van der Waals surface area (Å²) >= 11 is 7.00. The van der Waals surface area contributed by atoms with E-state index in [1.807, 2.05) is 0 Å². The molecule has 1 aliphatic heterocycles. The summed E-state index contributed by atoms with van der Waals surface area (Å²) in [4.78, 5) is 37.8. The van der Waals surface area contributed by atoms with E-state index in [9.17, 15) is 14.4 Å². The topological polar surface area (TPSA) is 98.7 Å². The smallest absolute Gasteiger partial charge is 0.404 e. The summed E-state index contributed by atoms with van der Waals surface area (Å²) in [6, 6.07) is 2.37. The van der Waals surface area contributed by atoms with E-state index in [0.717, 1.165) is 24.2 Å². The molecule has 2 aliphatic rings. The third-order valence-electron chi connectivity index (χ3n) is 4.27. The van der Waals surface area contributed by atoms with E-state index in [0.29, 0.717) is 28.7 Å². The minimum Gasteiger partial charge on any atom is -0.465 e. The molecule has 0 aromatic carbocycles. The molecule has 7 nitrogen and oxygen atoms in total. The number of carbonyl (C=O) groups is 3. The molecule has 0 bridgehead atoms. The van der Waals surface area contributed by atoms with Crippen molar-refractivity contribution in [2.75, 3.05) is 13.1 Å². The summed E-state index contributed by atoms with van der Waals surface area (Å²) in [6.07, 6.45) is 1.16. The molecular formula is C15H18ClN3O4S. The molecule has 1 aliphatic carbocycles. The second kappa shape index (κ2) is 6.98. The number of carbonyl (C=O) groups excluding carboxylic acids is 2. The van der Waals surface area contributed by atoms with Crippen molar-refractivity contribution in [3.8, 4) is 0 Å². The fourth-order valence-corrected chi connectivity index (χ4v) is 3.84. The molecule has 3 amide bonds.